The highest BCUT2D eigenvalue weighted by atomic mass is 16.5. The molecule has 1 N–H and O–H groups in total. The molecule has 6 nitrogen and oxygen atoms in total. The van der Waals surface area contributed by atoms with Gasteiger partial charge in [0.15, 0.2) is 0 Å². The number of aromatic nitrogens is 3. The van der Waals surface area contributed by atoms with Gasteiger partial charge in [0.25, 0.3) is 5.91 Å². The topological polar surface area (TPSA) is 69.0 Å². The molecular weight excluding hydrogens is 304 g/mol. The van der Waals surface area contributed by atoms with Gasteiger partial charge in [-0.25, -0.2) is 9.97 Å². The van der Waals surface area contributed by atoms with E-state index < -0.39 is 0 Å². The van der Waals surface area contributed by atoms with Crippen LogP contribution >= 0.6 is 0 Å². The molecule has 1 aliphatic heterocycles. The van der Waals surface area contributed by atoms with Crippen LogP contribution in [0.25, 0.3) is 0 Å². The van der Waals surface area contributed by atoms with Crippen molar-refractivity contribution in [2.45, 2.75) is 45.2 Å². The average molecular weight is 326 g/mol. The number of pyridine rings is 1. The fourth-order valence-electron chi connectivity index (χ4n) is 3.06. The number of imidazole rings is 1. The summed E-state index contributed by atoms with van der Waals surface area (Å²) in [7, 11) is 0. The summed E-state index contributed by atoms with van der Waals surface area (Å²) >= 11 is 0. The fraction of sp³-hybridized carbons (Fsp3) is 0.500. The van der Waals surface area contributed by atoms with Crippen molar-refractivity contribution in [2.24, 2.45) is 5.92 Å². The summed E-state index contributed by atoms with van der Waals surface area (Å²) in [5.41, 5.74) is 1.60. The average Bonchev–Trinajstić information content (AvgIpc) is 3.33. The Balaban J connectivity index is 1.34. The third-order valence-electron chi connectivity index (χ3n) is 4.61. The summed E-state index contributed by atoms with van der Waals surface area (Å²) in [6, 6.07) is 3.68. The molecule has 3 heterocycles. The second-order valence-electron chi connectivity index (χ2n) is 6.80. The van der Waals surface area contributed by atoms with Gasteiger partial charge in [-0.3, -0.25) is 4.79 Å². The zero-order valence-electron chi connectivity index (χ0n) is 13.9. The maximum atomic E-state index is 12.4. The number of carbonyl (C=O) groups is 1. The Morgan fingerprint density at radius 1 is 1.38 bits per heavy atom. The number of hydrogen-bond donors (Lipinski definition) is 1. The number of rotatable bonds is 5. The van der Waals surface area contributed by atoms with E-state index in [-0.39, 0.29) is 11.9 Å². The molecule has 0 aromatic carbocycles. The Morgan fingerprint density at radius 2 is 2.25 bits per heavy atom. The lowest BCUT2D eigenvalue weighted by molar-refractivity contribution is 0.0927. The van der Waals surface area contributed by atoms with E-state index in [2.05, 4.69) is 19.9 Å². The van der Waals surface area contributed by atoms with E-state index in [1.807, 2.05) is 13.1 Å². The molecule has 0 spiro atoms. The van der Waals surface area contributed by atoms with Gasteiger partial charge in [0.2, 0.25) is 5.88 Å². The molecule has 1 fully saturated rings. The van der Waals surface area contributed by atoms with Gasteiger partial charge in [0.05, 0.1) is 17.9 Å². The zero-order chi connectivity index (χ0) is 16.5. The van der Waals surface area contributed by atoms with Crippen LogP contribution in [0.4, 0.5) is 0 Å². The largest absolute Gasteiger partial charge is 0.477 e. The Labute approximate surface area is 141 Å². The van der Waals surface area contributed by atoms with Crippen molar-refractivity contribution < 1.29 is 9.53 Å². The maximum Gasteiger partial charge on any atom is 0.253 e. The zero-order valence-corrected chi connectivity index (χ0v) is 13.9. The number of ether oxygens (including phenoxy) is 1. The molecule has 126 valence electrons. The minimum Gasteiger partial charge on any atom is -0.477 e. The van der Waals surface area contributed by atoms with Crippen molar-refractivity contribution >= 4 is 5.91 Å². The molecule has 0 bridgehead atoms. The van der Waals surface area contributed by atoms with E-state index >= 15 is 0 Å². The van der Waals surface area contributed by atoms with Crippen LogP contribution in [0.5, 0.6) is 5.88 Å². The van der Waals surface area contributed by atoms with E-state index in [0.717, 1.165) is 37.5 Å². The molecule has 1 atom stereocenters. The number of hydrogen-bond acceptors (Lipinski definition) is 4. The smallest absolute Gasteiger partial charge is 0.253 e. The van der Waals surface area contributed by atoms with Crippen LogP contribution < -0.4 is 10.1 Å². The van der Waals surface area contributed by atoms with Crippen LogP contribution in [0.1, 0.15) is 41.1 Å². The molecule has 1 saturated carbocycles. The fourth-order valence-corrected chi connectivity index (χ4v) is 3.06. The van der Waals surface area contributed by atoms with Crippen LogP contribution in [0.15, 0.2) is 24.5 Å². The van der Waals surface area contributed by atoms with Gasteiger partial charge >= 0.3 is 0 Å². The molecule has 2 aromatic rings. The van der Waals surface area contributed by atoms with Gasteiger partial charge in [0.1, 0.15) is 5.82 Å². The minimum atomic E-state index is -0.0819. The molecule has 0 saturated heterocycles. The molecule has 0 unspecified atom stereocenters. The maximum absolute atomic E-state index is 12.4. The first-order valence-electron chi connectivity index (χ1n) is 8.60. The van der Waals surface area contributed by atoms with E-state index in [1.165, 1.54) is 12.8 Å². The lowest BCUT2D eigenvalue weighted by atomic mass is 10.1. The summed E-state index contributed by atoms with van der Waals surface area (Å²) in [6.45, 7) is 3.50. The molecule has 0 radical (unpaired) electrons. The molecule has 6 heteroatoms. The van der Waals surface area contributed by atoms with Crippen LogP contribution in [-0.4, -0.2) is 33.1 Å². The van der Waals surface area contributed by atoms with E-state index in [1.54, 1.807) is 18.3 Å². The van der Waals surface area contributed by atoms with E-state index in [0.29, 0.717) is 17.4 Å². The standard InChI is InChI=1S/C18H22N4O2/c1-12-9-22-10-15(5-6-16(22)20-12)21-18(23)14-4-7-17(19-8-14)24-11-13-2-3-13/h4,7-9,13,15H,2-3,5-6,10-11H2,1H3,(H,21,23)/t15-/m1/s1. The van der Waals surface area contributed by atoms with Crippen molar-refractivity contribution in [3.8, 4) is 5.88 Å². The Morgan fingerprint density at radius 3 is 3.00 bits per heavy atom. The molecule has 2 aliphatic rings. The monoisotopic (exact) mass is 326 g/mol. The molecule has 4 rings (SSSR count). The molecule has 24 heavy (non-hydrogen) atoms. The number of nitrogens with zero attached hydrogens (tertiary/aromatic N) is 3. The van der Waals surface area contributed by atoms with Gasteiger partial charge in [-0.15, -0.1) is 0 Å². The van der Waals surface area contributed by atoms with Crippen molar-refractivity contribution in [1.82, 2.24) is 19.9 Å². The Kier molecular flexibility index (Phi) is 3.96. The first kappa shape index (κ1) is 15.2. The van der Waals surface area contributed by atoms with Crippen LogP contribution in [0.3, 0.4) is 0 Å². The van der Waals surface area contributed by atoms with Crippen LogP contribution in [0, 0.1) is 12.8 Å². The molecule has 1 amide bonds. The van der Waals surface area contributed by atoms with Crippen molar-refractivity contribution in [2.75, 3.05) is 6.61 Å². The number of amides is 1. The van der Waals surface area contributed by atoms with Gasteiger partial charge in [-0.2, -0.15) is 0 Å². The predicted molar refractivity (Wildman–Crippen MR) is 89.0 cm³/mol. The summed E-state index contributed by atoms with van der Waals surface area (Å²) in [4.78, 5) is 21.1. The van der Waals surface area contributed by atoms with Gasteiger partial charge < -0.3 is 14.6 Å². The SMILES string of the molecule is Cc1cn2c(n1)CC[C@@H](NC(=O)c1ccc(OCC3CC3)nc1)C2. The second-order valence-corrected chi connectivity index (χ2v) is 6.80. The highest BCUT2D eigenvalue weighted by Crippen LogP contribution is 2.29. The number of fused-ring (bicyclic) bond motifs is 1. The molecule has 2 aromatic heterocycles. The lowest BCUT2D eigenvalue weighted by Gasteiger charge is -2.24. The van der Waals surface area contributed by atoms with Crippen LogP contribution in [-0.2, 0) is 13.0 Å². The third kappa shape index (κ3) is 3.42. The first-order valence-corrected chi connectivity index (χ1v) is 8.60. The summed E-state index contributed by atoms with van der Waals surface area (Å²) in [6.07, 6.45) is 7.94. The summed E-state index contributed by atoms with van der Waals surface area (Å²) in [5.74, 6) is 2.31. The number of nitrogens with one attached hydrogen (secondary N) is 1. The molecule has 1 aliphatic carbocycles. The quantitative estimate of drug-likeness (QED) is 0.914. The normalized spacial score (nSPS) is 19.6. The van der Waals surface area contributed by atoms with Gasteiger partial charge in [-0.05, 0) is 38.2 Å². The first-order chi connectivity index (χ1) is 11.7. The highest BCUT2D eigenvalue weighted by molar-refractivity contribution is 5.94. The second kappa shape index (κ2) is 6.26. The van der Waals surface area contributed by atoms with E-state index in [4.69, 9.17) is 4.74 Å². The highest BCUT2D eigenvalue weighted by Gasteiger charge is 2.23. The minimum absolute atomic E-state index is 0.0819. The van der Waals surface area contributed by atoms with Crippen molar-refractivity contribution in [3.05, 3.63) is 41.6 Å². The van der Waals surface area contributed by atoms with Crippen molar-refractivity contribution in [1.29, 1.82) is 0 Å². The predicted octanol–water partition coefficient (Wildman–Crippen LogP) is 2.12. The summed E-state index contributed by atoms with van der Waals surface area (Å²) in [5, 5.41) is 3.10. The Hall–Kier alpha value is -2.37. The van der Waals surface area contributed by atoms with Crippen molar-refractivity contribution in [3.63, 3.8) is 0 Å². The van der Waals surface area contributed by atoms with E-state index in [9.17, 15) is 4.79 Å². The number of aryl methyl sites for hydroxylation is 2. The molecular formula is C18H22N4O2. The lowest BCUT2D eigenvalue weighted by Crippen LogP contribution is -2.40. The summed E-state index contributed by atoms with van der Waals surface area (Å²) < 4.78 is 7.74. The van der Waals surface area contributed by atoms with Crippen LogP contribution in [0.2, 0.25) is 0 Å². The van der Waals surface area contributed by atoms with Gasteiger partial charge in [-0.1, -0.05) is 0 Å². The third-order valence-corrected chi connectivity index (χ3v) is 4.61. The Bertz CT molecular complexity index is 734. The number of carbonyl (C=O) groups excluding carboxylic acids is 1. The van der Waals surface area contributed by atoms with Gasteiger partial charge in [0, 0.05) is 37.5 Å².